The molecule has 0 atom stereocenters. The first-order chi connectivity index (χ1) is 14.8. The minimum atomic E-state index is -0.691. The Kier molecular flexibility index (Phi) is 5.24. The summed E-state index contributed by atoms with van der Waals surface area (Å²) in [7, 11) is 3.06. The molecule has 0 saturated carbocycles. The molecule has 0 fully saturated rings. The van der Waals surface area contributed by atoms with E-state index >= 15 is 0 Å². The molecular weight excluding hydrogens is 423 g/mol. The summed E-state index contributed by atoms with van der Waals surface area (Å²) >= 11 is 5.75. The van der Waals surface area contributed by atoms with Crippen molar-refractivity contribution in [2.45, 2.75) is 6.54 Å². The molecule has 0 unspecified atom stereocenters. The number of nitrogens with zero attached hydrogens (tertiary/aromatic N) is 3. The zero-order valence-electron chi connectivity index (χ0n) is 16.7. The molecule has 0 radical (unpaired) electrons. The highest BCUT2D eigenvalue weighted by molar-refractivity contribution is 6.30. The van der Waals surface area contributed by atoms with Crippen molar-refractivity contribution in [2.24, 2.45) is 14.1 Å². The fourth-order valence-corrected chi connectivity index (χ4v) is 3.72. The van der Waals surface area contributed by atoms with E-state index in [-0.39, 0.29) is 16.2 Å². The van der Waals surface area contributed by atoms with Crippen LogP contribution in [0.1, 0.15) is 0 Å². The van der Waals surface area contributed by atoms with Crippen LogP contribution in [-0.2, 0) is 25.4 Å². The van der Waals surface area contributed by atoms with E-state index < -0.39 is 29.5 Å². The van der Waals surface area contributed by atoms with Crippen LogP contribution in [0.3, 0.4) is 0 Å². The molecule has 2 aromatic heterocycles. The second-order valence-corrected chi connectivity index (χ2v) is 7.56. The van der Waals surface area contributed by atoms with Gasteiger partial charge >= 0.3 is 5.69 Å². The maximum atomic E-state index is 14.1. The molecule has 1 N–H and O–H groups in total. The largest absolute Gasteiger partial charge is 0.344 e. The monoisotopic (exact) mass is 440 g/mol. The molecule has 2 heterocycles. The molecule has 31 heavy (non-hydrogen) atoms. The Bertz CT molecular complexity index is 1440. The summed E-state index contributed by atoms with van der Waals surface area (Å²) < 4.78 is 17.9. The number of aromatic nitrogens is 3. The quantitative estimate of drug-likeness (QED) is 0.529. The van der Waals surface area contributed by atoms with Crippen LogP contribution >= 0.6 is 11.6 Å². The lowest BCUT2D eigenvalue weighted by molar-refractivity contribution is -0.116. The van der Waals surface area contributed by atoms with Gasteiger partial charge in [-0.3, -0.25) is 18.7 Å². The highest BCUT2D eigenvalue weighted by Crippen LogP contribution is 2.28. The minimum absolute atomic E-state index is 0.0557. The third kappa shape index (κ3) is 3.66. The Morgan fingerprint density at radius 1 is 1.06 bits per heavy atom. The average molecular weight is 441 g/mol. The summed E-state index contributed by atoms with van der Waals surface area (Å²) in [5.74, 6) is -1.31. The minimum Gasteiger partial charge on any atom is -0.344 e. The van der Waals surface area contributed by atoms with Crippen molar-refractivity contribution in [1.82, 2.24) is 13.7 Å². The van der Waals surface area contributed by atoms with Gasteiger partial charge in [-0.25, -0.2) is 9.18 Å². The number of aryl methyl sites for hydroxylation is 1. The van der Waals surface area contributed by atoms with Gasteiger partial charge in [-0.05, 0) is 23.8 Å². The maximum absolute atomic E-state index is 14.1. The summed E-state index contributed by atoms with van der Waals surface area (Å²) in [5, 5.41) is 2.65. The van der Waals surface area contributed by atoms with Crippen LogP contribution in [0.15, 0.2) is 64.3 Å². The number of carbonyl (C=O) groups is 1. The zero-order chi connectivity index (χ0) is 22.3. The third-order valence-corrected chi connectivity index (χ3v) is 5.28. The van der Waals surface area contributed by atoms with E-state index in [9.17, 15) is 18.8 Å². The Morgan fingerprint density at radius 2 is 1.77 bits per heavy atom. The van der Waals surface area contributed by atoms with E-state index in [2.05, 4.69) is 5.32 Å². The van der Waals surface area contributed by atoms with Gasteiger partial charge < -0.3 is 9.88 Å². The normalized spacial score (nSPS) is 11.1. The molecule has 9 heteroatoms. The summed E-state index contributed by atoms with van der Waals surface area (Å²) in [6, 6.07) is 13.1. The van der Waals surface area contributed by atoms with Crippen LogP contribution in [0.4, 0.5) is 10.1 Å². The van der Waals surface area contributed by atoms with Crippen LogP contribution < -0.4 is 16.6 Å². The van der Waals surface area contributed by atoms with Gasteiger partial charge in [-0.1, -0.05) is 41.9 Å². The van der Waals surface area contributed by atoms with Gasteiger partial charge in [0, 0.05) is 30.9 Å². The van der Waals surface area contributed by atoms with Crippen molar-refractivity contribution < 1.29 is 9.18 Å². The van der Waals surface area contributed by atoms with E-state index in [0.29, 0.717) is 11.1 Å². The van der Waals surface area contributed by atoms with E-state index in [1.807, 2.05) is 30.3 Å². The van der Waals surface area contributed by atoms with E-state index in [1.54, 1.807) is 17.8 Å². The second kappa shape index (κ2) is 7.88. The van der Waals surface area contributed by atoms with Gasteiger partial charge in [0.1, 0.15) is 17.9 Å². The highest BCUT2D eigenvalue weighted by Gasteiger charge is 2.21. The van der Waals surface area contributed by atoms with Gasteiger partial charge in [0.2, 0.25) is 5.91 Å². The molecule has 2 aromatic carbocycles. The fraction of sp³-hybridized carbons (Fsp3) is 0.136. The number of hydrogen-bond donors (Lipinski definition) is 1. The lowest BCUT2D eigenvalue weighted by Gasteiger charge is -2.13. The number of halogens is 2. The molecule has 0 aliphatic carbocycles. The zero-order valence-corrected chi connectivity index (χ0v) is 17.5. The van der Waals surface area contributed by atoms with Crippen LogP contribution in [0.2, 0.25) is 5.02 Å². The Hall–Kier alpha value is -3.65. The molecule has 0 saturated heterocycles. The number of anilines is 1. The van der Waals surface area contributed by atoms with Crippen molar-refractivity contribution in [1.29, 1.82) is 0 Å². The first-order valence-corrected chi connectivity index (χ1v) is 9.75. The Labute approximate surface area is 180 Å². The Morgan fingerprint density at radius 3 is 2.45 bits per heavy atom. The van der Waals surface area contributed by atoms with Gasteiger partial charge in [-0.2, -0.15) is 0 Å². The highest BCUT2D eigenvalue weighted by atomic mass is 35.5. The smallest absolute Gasteiger partial charge is 0.331 e. The summed E-state index contributed by atoms with van der Waals surface area (Å²) in [4.78, 5) is 38.4. The third-order valence-electron chi connectivity index (χ3n) is 5.04. The Balaban J connectivity index is 1.86. The number of fused-ring (bicyclic) bond motifs is 1. The maximum Gasteiger partial charge on any atom is 0.331 e. The second-order valence-electron chi connectivity index (χ2n) is 7.12. The predicted molar refractivity (Wildman–Crippen MR) is 118 cm³/mol. The summed E-state index contributed by atoms with van der Waals surface area (Å²) in [6.45, 7) is -0.407. The van der Waals surface area contributed by atoms with E-state index in [0.717, 1.165) is 16.2 Å². The van der Waals surface area contributed by atoms with Gasteiger partial charge in [0.05, 0.1) is 11.2 Å². The van der Waals surface area contributed by atoms with Gasteiger partial charge in [0.15, 0.2) is 0 Å². The molecular formula is C22H18ClFN4O3. The van der Waals surface area contributed by atoms with Crippen LogP contribution in [-0.4, -0.2) is 19.6 Å². The molecule has 0 bridgehead atoms. The fourth-order valence-electron chi connectivity index (χ4n) is 3.56. The molecule has 0 aliphatic rings. The summed E-state index contributed by atoms with van der Waals surface area (Å²) in [5.41, 5.74) is 0.884. The number of rotatable bonds is 4. The van der Waals surface area contributed by atoms with E-state index in [1.165, 1.54) is 23.7 Å². The number of benzene rings is 2. The molecule has 4 rings (SSSR count). The average Bonchev–Trinajstić information content (AvgIpc) is 3.09. The molecule has 0 spiro atoms. The first kappa shape index (κ1) is 20.6. The van der Waals surface area contributed by atoms with Crippen molar-refractivity contribution in [3.63, 3.8) is 0 Å². The number of hydrogen-bond acceptors (Lipinski definition) is 3. The SMILES string of the molecule is Cn1c(=O)c2c(c(-c3ccccc3)cn2C)n(CC(=O)Nc2ccc(Cl)cc2F)c1=O. The standard InChI is InChI=1S/C22H18ClFN4O3/c1-26-11-15(13-6-4-3-5-7-13)19-20(26)21(30)27(2)22(31)28(19)12-18(29)25-17-9-8-14(23)10-16(17)24/h3-11H,12H2,1-2H3,(H,25,29). The lowest BCUT2D eigenvalue weighted by atomic mass is 10.1. The number of nitrogens with one attached hydrogen (secondary N) is 1. The van der Waals surface area contributed by atoms with Crippen molar-refractivity contribution >= 4 is 34.2 Å². The molecule has 158 valence electrons. The van der Waals surface area contributed by atoms with Crippen molar-refractivity contribution in [3.8, 4) is 11.1 Å². The van der Waals surface area contributed by atoms with Crippen LogP contribution in [0.5, 0.6) is 0 Å². The van der Waals surface area contributed by atoms with Crippen molar-refractivity contribution in [2.75, 3.05) is 5.32 Å². The van der Waals surface area contributed by atoms with Crippen LogP contribution in [0, 0.1) is 5.82 Å². The van der Waals surface area contributed by atoms with Crippen molar-refractivity contribution in [3.05, 3.63) is 86.4 Å². The van der Waals surface area contributed by atoms with Gasteiger partial charge in [-0.15, -0.1) is 0 Å². The molecule has 7 nitrogen and oxygen atoms in total. The lowest BCUT2D eigenvalue weighted by Crippen LogP contribution is -2.40. The first-order valence-electron chi connectivity index (χ1n) is 9.37. The number of carbonyl (C=O) groups excluding carboxylic acids is 1. The predicted octanol–water partition coefficient (Wildman–Crippen LogP) is 3.14. The number of amides is 1. The topological polar surface area (TPSA) is 78.0 Å². The molecule has 4 aromatic rings. The molecule has 0 aliphatic heterocycles. The van der Waals surface area contributed by atoms with Crippen LogP contribution in [0.25, 0.3) is 22.2 Å². The summed E-state index contributed by atoms with van der Waals surface area (Å²) in [6.07, 6.45) is 1.74. The van der Waals surface area contributed by atoms with E-state index in [4.69, 9.17) is 11.6 Å². The molecule has 1 amide bonds. The van der Waals surface area contributed by atoms with Gasteiger partial charge in [0.25, 0.3) is 5.56 Å².